The van der Waals surface area contributed by atoms with E-state index in [4.69, 9.17) is 0 Å². The number of hydrogen-bond acceptors (Lipinski definition) is 0. The first kappa shape index (κ1) is 11.1. The standard InChI is InChI=1S/C11H12F3/c1-8(2)6-9-4-3-5-10(7-9)11(12,13)14/h4-5,7-8H,6H2,1-2H3. The molecule has 0 bridgehead atoms. The molecule has 14 heavy (non-hydrogen) atoms. The van der Waals surface area contributed by atoms with Gasteiger partial charge in [0.15, 0.2) is 0 Å². The van der Waals surface area contributed by atoms with E-state index in [1.54, 1.807) is 6.07 Å². The first-order valence-electron chi connectivity index (χ1n) is 4.47. The van der Waals surface area contributed by atoms with Gasteiger partial charge in [-0.2, -0.15) is 13.2 Å². The Bertz CT molecular complexity index is 300. The lowest BCUT2D eigenvalue weighted by molar-refractivity contribution is -0.137. The molecule has 0 aromatic heterocycles. The molecule has 1 rings (SSSR count). The monoisotopic (exact) mass is 201 g/mol. The van der Waals surface area contributed by atoms with Crippen molar-refractivity contribution in [2.75, 3.05) is 0 Å². The fourth-order valence-corrected chi connectivity index (χ4v) is 1.27. The minimum atomic E-state index is -4.26. The second-order valence-corrected chi connectivity index (χ2v) is 3.73. The van der Waals surface area contributed by atoms with Crippen LogP contribution in [0.2, 0.25) is 0 Å². The van der Waals surface area contributed by atoms with Crippen molar-refractivity contribution < 1.29 is 13.2 Å². The van der Waals surface area contributed by atoms with Crippen LogP contribution in [0.5, 0.6) is 0 Å². The van der Waals surface area contributed by atoms with Crippen LogP contribution in [0.25, 0.3) is 0 Å². The Balaban J connectivity index is 2.90. The van der Waals surface area contributed by atoms with Gasteiger partial charge in [-0.05, 0) is 36.1 Å². The molecule has 0 fully saturated rings. The van der Waals surface area contributed by atoms with E-state index in [1.165, 1.54) is 6.07 Å². The molecule has 77 valence electrons. The van der Waals surface area contributed by atoms with E-state index in [1.807, 2.05) is 13.8 Å². The molecule has 0 N–H and O–H groups in total. The average Bonchev–Trinajstić information content (AvgIpc) is 2.01. The van der Waals surface area contributed by atoms with Crippen LogP contribution in [0.15, 0.2) is 18.2 Å². The molecular weight excluding hydrogens is 189 g/mol. The van der Waals surface area contributed by atoms with E-state index in [9.17, 15) is 13.2 Å². The Labute approximate surface area is 81.8 Å². The molecule has 1 aromatic rings. The largest absolute Gasteiger partial charge is 0.416 e. The van der Waals surface area contributed by atoms with Crippen LogP contribution in [0.1, 0.15) is 25.0 Å². The lowest BCUT2D eigenvalue weighted by atomic mass is 10.0. The van der Waals surface area contributed by atoms with Gasteiger partial charge < -0.3 is 0 Å². The summed E-state index contributed by atoms with van der Waals surface area (Å²) >= 11 is 0. The fourth-order valence-electron chi connectivity index (χ4n) is 1.27. The summed E-state index contributed by atoms with van der Waals surface area (Å²) in [6.07, 6.45) is -3.61. The van der Waals surface area contributed by atoms with Gasteiger partial charge in [0.25, 0.3) is 0 Å². The Morgan fingerprint density at radius 2 is 1.93 bits per heavy atom. The lowest BCUT2D eigenvalue weighted by Crippen LogP contribution is -2.06. The third kappa shape index (κ3) is 3.05. The van der Waals surface area contributed by atoms with Gasteiger partial charge in [0.05, 0.1) is 5.56 Å². The van der Waals surface area contributed by atoms with Crippen LogP contribution in [0, 0.1) is 12.0 Å². The third-order valence-corrected chi connectivity index (χ3v) is 1.82. The van der Waals surface area contributed by atoms with E-state index in [-0.39, 0.29) is 0 Å². The summed E-state index contributed by atoms with van der Waals surface area (Å²) in [5.74, 6) is 0.354. The van der Waals surface area contributed by atoms with Crippen LogP contribution >= 0.6 is 0 Å². The zero-order chi connectivity index (χ0) is 10.8. The summed E-state index contributed by atoms with van der Waals surface area (Å²) in [4.78, 5) is 0. The Morgan fingerprint density at radius 3 is 2.43 bits per heavy atom. The smallest absolute Gasteiger partial charge is 0.166 e. The molecular formula is C11H12F3. The van der Waals surface area contributed by atoms with Gasteiger partial charge in [-0.3, -0.25) is 0 Å². The molecule has 1 aromatic carbocycles. The van der Waals surface area contributed by atoms with Crippen LogP contribution in [-0.2, 0) is 12.6 Å². The second-order valence-electron chi connectivity index (χ2n) is 3.73. The molecule has 0 saturated carbocycles. The quantitative estimate of drug-likeness (QED) is 0.684. The van der Waals surface area contributed by atoms with Crippen molar-refractivity contribution in [3.8, 4) is 0 Å². The highest BCUT2D eigenvalue weighted by molar-refractivity contribution is 5.25. The summed E-state index contributed by atoms with van der Waals surface area (Å²) in [5.41, 5.74) is 0.0745. The number of hydrogen-bond donors (Lipinski definition) is 0. The first-order valence-corrected chi connectivity index (χ1v) is 4.47. The van der Waals surface area contributed by atoms with Crippen LogP contribution in [0.3, 0.4) is 0 Å². The van der Waals surface area contributed by atoms with Gasteiger partial charge in [-0.15, -0.1) is 0 Å². The van der Waals surface area contributed by atoms with Crippen molar-refractivity contribution in [1.82, 2.24) is 0 Å². The van der Waals surface area contributed by atoms with E-state index >= 15 is 0 Å². The molecule has 0 aliphatic heterocycles. The molecule has 3 heteroatoms. The summed E-state index contributed by atoms with van der Waals surface area (Å²) in [6, 6.07) is 6.29. The lowest BCUT2D eigenvalue weighted by Gasteiger charge is -2.09. The molecule has 0 unspecified atom stereocenters. The third-order valence-electron chi connectivity index (χ3n) is 1.82. The maximum Gasteiger partial charge on any atom is 0.416 e. The van der Waals surface area contributed by atoms with Crippen LogP contribution in [0.4, 0.5) is 13.2 Å². The van der Waals surface area contributed by atoms with Crippen molar-refractivity contribution in [3.05, 3.63) is 35.4 Å². The maximum atomic E-state index is 12.3. The second kappa shape index (κ2) is 4.03. The van der Waals surface area contributed by atoms with Crippen molar-refractivity contribution in [1.29, 1.82) is 0 Å². The Kier molecular flexibility index (Phi) is 3.19. The SMILES string of the molecule is CC(C)Cc1c[c]cc(C(F)(F)F)c1. The van der Waals surface area contributed by atoms with E-state index < -0.39 is 11.7 Å². The molecule has 0 aliphatic rings. The minimum absolute atomic E-state index is 0.354. The summed E-state index contributed by atoms with van der Waals surface area (Å²) in [6.45, 7) is 3.94. The Morgan fingerprint density at radius 1 is 1.29 bits per heavy atom. The molecule has 0 amide bonds. The Hall–Kier alpha value is -0.990. The highest BCUT2D eigenvalue weighted by atomic mass is 19.4. The van der Waals surface area contributed by atoms with E-state index in [2.05, 4.69) is 6.07 Å². The highest BCUT2D eigenvalue weighted by Gasteiger charge is 2.30. The minimum Gasteiger partial charge on any atom is -0.166 e. The zero-order valence-electron chi connectivity index (χ0n) is 8.15. The molecule has 0 saturated heterocycles. The number of alkyl halides is 3. The van der Waals surface area contributed by atoms with Gasteiger partial charge in [-0.1, -0.05) is 19.9 Å². The van der Waals surface area contributed by atoms with Gasteiger partial charge in [0, 0.05) is 0 Å². The summed E-state index contributed by atoms with van der Waals surface area (Å²) in [7, 11) is 0. The molecule has 0 spiro atoms. The molecule has 0 atom stereocenters. The average molecular weight is 201 g/mol. The summed E-state index contributed by atoms with van der Waals surface area (Å²) < 4.78 is 36.9. The normalized spacial score (nSPS) is 12.1. The van der Waals surface area contributed by atoms with Crippen molar-refractivity contribution in [3.63, 3.8) is 0 Å². The van der Waals surface area contributed by atoms with Gasteiger partial charge in [0.2, 0.25) is 0 Å². The molecule has 0 heterocycles. The molecule has 0 aliphatic carbocycles. The predicted octanol–water partition coefficient (Wildman–Crippen LogP) is 3.70. The van der Waals surface area contributed by atoms with Crippen molar-refractivity contribution in [2.24, 2.45) is 5.92 Å². The van der Waals surface area contributed by atoms with Gasteiger partial charge in [0.1, 0.15) is 0 Å². The number of rotatable bonds is 2. The van der Waals surface area contributed by atoms with Gasteiger partial charge >= 0.3 is 6.18 Å². The van der Waals surface area contributed by atoms with Crippen molar-refractivity contribution in [2.45, 2.75) is 26.4 Å². The first-order chi connectivity index (χ1) is 6.39. The number of benzene rings is 1. The fraction of sp³-hybridized carbons (Fsp3) is 0.455. The maximum absolute atomic E-state index is 12.3. The van der Waals surface area contributed by atoms with E-state index in [0.717, 1.165) is 6.07 Å². The topological polar surface area (TPSA) is 0 Å². The van der Waals surface area contributed by atoms with Crippen LogP contribution in [-0.4, -0.2) is 0 Å². The van der Waals surface area contributed by atoms with Crippen LogP contribution < -0.4 is 0 Å². The van der Waals surface area contributed by atoms with E-state index in [0.29, 0.717) is 17.9 Å². The van der Waals surface area contributed by atoms with Crippen molar-refractivity contribution >= 4 is 0 Å². The predicted molar refractivity (Wildman–Crippen MR) is 48.8 cm³/mol. The highest BCUT2D eigenvalue weighted by Crippen LogP contribution is 2.29. The summed E-state index contributed by atoms with van der Waals surface area (Å²) in [5, 5.41) is 0. The number of halogens is 3. The molecule has 1 radical (unpaired) electrons. The molecule has 0 nitrogen and oxygen atoms in total. The zero-order valence-corrected chi connectivity index (χ0v) is 8.15. The van der Waals surface area contributed by atoms with Gasteiger partial charge in [-0.25, -0.2) is 0 Å².